The number of hydrogen-bond donors (Lipinski definition) is 1. The number of anilines is 1. The summed E-state index contributed by atoms with van der Waals surface area (Å²) in [7, 11) is 3.67. The maximum absolute atomic E-state index is 12.7. The van der Waals surface area contributed by atoms with Crippen molar-refractivity contribution >= 4 is 11.6 Å². The fraction of sp³-hybridized carbons (Fsp3) is 0.533. The number of nitrogens with zero attached hydrogens (tertiary/aromatic N) is 2. The fourth-order valence-electron chi connectivity index (χ4n) is 2.68. The summed E-state index contributed by atoms with van der Waals surface area (Å²) >= 11 is 0. The Kier molecular flexibility index (Phi) is 4.49. The van der Waals surface area contributed by atoms with Gasteiger partial charge in [0.05, 0.1) is 12.7 Å². The van der Waals surface area contributed by atoms with Gasteiger partial charge in [0.2, 0.25) is 0 Å². The van der Waals surface area contributed by atoms with E-state index in [1.165, 1.54) is 0 Å². The summed E-state index contributed by atoms with van der Waals surface area (Å²) in [5.74, 6) is 0.645. The van der Waals surface area contributed by atoms with E-state index in [0.717, 1.165) is 26.1 Å². The van der Waals surface area contributed by atoms with Crippen LogP contribution in [0.15, 0.2) is 18.2 Å². The highest BCUT2D eigenvalue weighted by molar-refractivity contribution is 5.99. The highest BCUT2D eigenvalue weighted by atomic mass is 16.5. The number of rotatable bonds is 2. The first kappa shape index (κ1) is 14.7. The molecule has 5 nitrogen and oxygen atoms in total. The minimum Gasteiger partial charge on any atom is -0.497 e. The molecule has 2 N–H and O–H groups in total. The van der Waals surface area contributed by atoms with Gasteiger partial charge >= 0.3 is 0 Å². The van der Waals surface area contributed by atoms with Crippen LogP contribution >= 0.6 is 0 Å². The lowest BCUT2D eigenvalue weighted by atomic mass is 10.1. The van der Waals surface area contributed by atoms with E-state index in [1.54, 1.807) is 25.3 Å². The Morgan fingerprint density at radius 2 is 2.15 bits per heavy atom. The third kappa shape index (κ3) is 3.04. The Morgan fingerprint density at radius 1 is 1.40 bits per heavy atom. The lowest BCUT2D eigenvalue weighted by Gasteiger charge is -2.28. The number of likely N-dealkylation sites (N-methyl/N-ethyl adjacent to an activating group) is 1. The normalized spacial score (nSPS) is 20.6. The third-order valence-electron chi connectivity index (χ3n) is 3.80. The van der Waals surface area contributed by atoms with E-state index in [9.17, 15) is 4.79 Å². The summed E-state index contributed by atoms with van der Waals surface area (Å²) in [6.07, 6.45) is 0.983. The smallest absolute Gasteiger partial charge is 0.256 e. The average molecular weight is 277 g/mol. The second kappa shape index (κ2) is 6.13. The zero-order valence-corrected chi connectivity index (χ0v) is 12.4. The second-order valence-corrected chi connectivity index (χ2v) is 5.42. The summed E-state index contributed by atoms with van der Waals surface area (Å²) in [4.78, 5) is 16.9. The molecular formula is C15H23N3O2. The van der Waals surface area contributed by atoms with Crippen molar-refractivity contribution in [2.75, 3.05) is 39.5 Å². The molecule has 5 heteroatoms. The van der Waals surface area contributed by atoms with E-state index in [0.29, 0.717) is 17.0 Å². The van der Waals surface area contributed by atoms with Gasteiger partial charge in [0.25, 0.3) is 5.91 Å². The molecule has 1 aliphatic rings. The van der Waals surface area contributed by atoms with Crippen LogP contribution < -0.4 is 10.5 Å². The van der Waals surface area contributed by atoms with Crippen molar-refractivity contribution in [2.24, 2.45) is 0 Å². The van der Waals surface area contributed by atoms with Gasteiger partial charge in [-0.15, -0.1) is 0 Å². The quantitative estimate of drug-likeness (QED) is 0.831. The molecule has 1 heterocycles. The van der Waals surface area contributed by atoms with Gasteiger partial charge in [-0.25, -0.2) is 0 Å². The van der Waals surface area contributed by atoms with Crippen LogP contribution in [-0.2, 0) is 0 Å². The molecular weight excluding hydrogens is 254 g/mol. The van der Waals surface area contributed by atoms with Crippen molar-refractivity contribution in [3.05, 3.63) is 23.8 Å². The van der Waals surface area contributed by atoms with Crippen LogP contribution in [0.4, 0.5) is 5.69 Å². The topological polar surface area (TPSA) is 58.8 Å². The number of benzene rings is 1. The van der Waals surface area contributed by atoms with Gasteiger partial charge in [-0.05, 0) is 45.1 Å². The van der Waals surface area contributed by atoms with Gasteiger partial charge < -0.3 is 20.3 Å². The molecule has 1 aromatic carbocycles. The minimum absolute atomic E-state index is 0.01000. The molecule has 0 radical (unpaired) electrons. The van der Waals surface area contributed by atoms with Gasteiger partial charge in [0.15, 0.2) is 0 Å². The van der Waals surface area contributed by atoms with Gasteiger partial charge in [0.1, 0.15) is 5.75 Å². The van der Waals surface area contributed by atoms with E-state index < -0.39 is 0 Å². The summed E-state index contributed by atoms with van der Waals surface area (Å²) in [5, 5.41) is 0. The van der Waals surface area contributed by atoms with Crippen molar-refractivity contribution in [3.8, 4) is 5.75 Å². The summed E-state index contributed by atoms with van der Waals surface area (Å²) in [6.45, 7) is 4.74. The van der Waals surface area contributed by atoms with E-state index >= 15 is 0 Å². The van der Waals surface area contributed by atoms with Crippen molar-refractivity contribution < 1.29 is 9.53 Å². The molecule has 0 saturated carbocycles. The zero-order chi connectivity index (χ0) is 14.7. The van der Waals surface area contributed by atoms with E-state index in [4.69, 9.17) is 10.5 Å². The van der Waals surface area contributed by atoms with E-state index in [2.05, 4.69) is 18.9 Å². The number of amides is 1. The molecule has 20 heavy (non-hydrogen) atoms. The van der Waals surface area contributed by atoms with Gasteiger partial charge in [0, 0.05) is 24.8 Å². The van der Waals surface area contributed by atoms with E-state index in [-0.39, 0.29) is 11.9 Å². The SMILES string of the molecule is COc1ccc(N)c(C(=O)N2CCCN(C)CC2C)c1. The molecule has 110 valence electrons. The number of hydrogen-bond acceptors (Lipinski definition) is 4. The molecule has 1 amide bonds. The molecule has 2 rings (SSSR count). The third-order valence-corrected chi connectivity index (χ3v) is 3.80. The van der Waals surface area contributed by atoms with Crippen LogP contribution in [0.5, 0.6) is 5.75 Å². The standard InChI is InChI=1S/C15H23N3O2/c1-11-10-17(2)7-4-8-18(11)15(19)13-9-12(20-3)5-6-14(13)16/h5-6,9,11H,4,7-8,10,16H2,1-3H3. The first-order valence-electron chi connectivity index (χ1n) is 6.96. The zero-order valence-electron chi connectivity index (χ0n) is 12.4. The Bertz CT molecular complexity index is 490. The number of ether oxygens (including phenoxy) is 1. The Morgan fingerprint density at radius 3 is 2.85 bits per heavy atom. The molecule has 1 saturated heterocycles. The molecule has 1 unspecified atom stereocenters. The van der Waals surface area contributed by atoms with Crippen molar-refractivity contribution in [2.45, 2.75) is 19.4 Å². The number of nitrogen functional groups attached to an aromatic ring is 1. The van der Waals surface area contributed by atoms with Crippen LogP contribution in [-0.4, -0.2) is 55.5 Å². The molecule has 1 aliphatic heterocycles. The van der Waals surface area contributed by atoms with Crippen LogP contribution in [0.25, 0.3) is 0 Å². The second-order valence-electron chi connectivity index (χ2n) is 5.42. The van der Waals surface area contributed by atoms with Crippen molar-refractivity contribution in [3.63, 3.8) is 0 Å². The Balaban J connectivity index is 2.25. The van der Waals surface area contributed by atoms with Gasteiger partial charge in [-0.3, -0.25) is 4.79 Å². The highest BCUT2D eigenvalue weighted by Crippen LogP contribution is 2.22. The largest absolute Gasteiger partial charge is 0.497 e. The summed E-state index contributed by atoms with van der Waals surface area (Å²) in [6, 6.07) is 5.39. The number of nitrogens with two attached hydrogens (primary N) is 1. The van der Waals surface area contributed by atoms with Crippen LogP contribution in [0.3, 0.4) is 0 Å². The predicted molar refractivity (Wildman–Crippen MR) is 80.0 cm³/mol. The van der Waals surface area contributed by atoms with Gasteiger partial charge in [-0.1, -0.05) is 0 Å². The molecule has 1 fully saturated rings. The first-order valence-corrected chi connectivity index (χ1v) is 6.96. The lowest BCUT2D eigenvalue weighted by molar-refractivity contribution is 0.0697. The Labute approximate surface area is 120 Å². The summed E-state index contributed by atoms with van der Waals surface area (Å²) < 4.78 is 5.18. The fourth-order valence-corrected chi connectivity index (χ4v) is 2.68. The monoisotopic (exact) mass is 277 g/mol. The van der Waals surface area contributed by atoms with Crippen LogP contribution in [0.2, 0.25) is 0 Å². The van der Waals surface area contributed by atoms with Crippen molar-refractivity contribution in [1.29, 1.82) is 0 Å². The molecule has 1 atom stereocenters. The molecule has 0 spiro atoms. The number of carbonyl (C=O) groups excluding carboxylic acids is 1. The number of carbonyl (C=O) groups is 1. The number of methoxy groups -OCH3 is 1. The predicted octanol–water partition coefficient (Wildman–Crippen LogP) is 1.44. The molecule has 1 aromatic rings. The van der Waals surface area contributed by atoms with Gasteiger partial charge in [-0.2, -0.15) is 0 Å². The average Bonchev–Trinajstić information content (AvgIpc) is 2.59. The highest BCUT2D eigenvalue weighted by Gasteiger charge is 2.26. The van der Waals surface area contributed by atoms with E-state index in [1.807, 2.05) is 4.90 Å². The van der Waals surface area contributed by atoms with Crippen LogP contribution in [0.1, 0.15) is 23.7 Å². The lowest BCUT2D eigenvalue weighted by Crippen LogP contribution is -2.42. The first-order chi connectivity index (χ1) is 9.52. The van der Waals surface area contributed by atoms with Crippen LogP contribution in [0, 0.1) is 0 Å². The molecule has 0 aliphatic carbocycles. The maximum Gasteiger partial charge on any atom is 0.256 e. The maximum atomic E-state index is 12.7. The Hall–Kier alpha value is -1.75. The molecule has 0 bridgehead atoms. The minimum atomic E-state index is -0.01000. The van der Waals surface area contributed by atoms with Crippen molar-refractivity contribution in [1.82, 2.24) is 9.80 Å². The molecule has 0 aromatic heterocycles. The summed E-state index contributed by atoms with van der Waals surface area (Å²) in [5.41, 5.74) is 6.98.